The van der Waals surface area contributed by atoms with Crippen molar-refractivity contribution in [1.82, 2.24) is 29.3 Å². The Morgan fingerprint density at radius 1 is 0.800 bits per heavy atom. The number of aryl methyl sites for hydroxylation is 1. The molecule has 0 spiro atoms. The maximum atomic E-state index is 14.0. The van der Waals surface area contributed by atoms with E-state index in [0.29, 0.717) is 76.1 Å². The standard InChI is InChI=1S/C53H58N10O7/c1-30-23-32(31-14-18-59(19-15-31)36-9-10-38-39(25-36)50(68)63(49(38)67)42-11-12-45(65)57-48(42)66)16-20-60(30)35-7-5-34(6-8-35)55-46-52(70)58(4)28-41(56-46)37-13-17-54-47(40(37)29-64)62-22-21-61-43(51(62)69)24-33-26-53(2,3)27-44(33)61/h5-10,13,17,24-25,28,30-32,42,64H,11-12,14-16,18-23,26-27,29H2,1-4H3,(H,55,56)(H,57,65,66)/t30-,32?,42?/m0/s1. The molecule has 17 nitrogen and oxygen atoms in total. The van der Waals surface area contributed by atoms with E-state index in [-0.39, 0.29) is 42.1 Å². The van der Waals surface area contributed by atoms with E-state index in [1.54, 1.807) is 42.5 Å². The predicted molar refractivity (Wildman–Crippen MR) is 263 cm³/mol. The van der Waals surface area contributed by atoms with Crippen LogP contribution >= 0.6 is 0 Å². The molecule has 70 heavy (non-hydrogen) atoms. The van der Waals surface area contributed by atoms with Gasteiger partial charge in [-0.25, -0.2) is 9.97 Å². The van der Waals surface area contributed by atoms with Gasteiger partial charge in [-0.1, -0.05) is 13.8 Å². The number of carbonyl (C=O) groups is 5. The summed E-state index contributed by atoms with van der Waals surface area (Å²) in [7, 11) is 1.67. The highest BCUT2D eigenvalue weighted by Gasteiger charge is 2.45. The minimum Gasteiger partial charge on any atom is -0.392 e. The van der Waals surface area contributed by atoms with E-state index in [4.69, 9.17) is 4.98 Å². The van der Waals surface area contributed by atoms with E-state index in [2.05, 4.69) is 62.9 Å². The molecule has 6 aliphatic rings. The summed E-state index contributed by atoms with van der Waals surface area (Å²) in [5, 5.41) is 16.3. The number of anilines is 5. The van der Waals surface area contributed by atoms with Crippen molar-refractivity contribution in [2.45, 2.75) is 97.4 Å². The van der Waals surface area contributed by atoms with Gasteiger partial charge in [0.15, 0.2) is 5.82 Å². The topological polar surface area (TPSA) is 195 Å². The van der Waals surface area contributed by atoms with E-state index < -0.39 is 29.7 Å². The first-order chi connectivity index (χ1) is 33.7. The van der Waals surface area contributed by atoms with Crippen LogP contribution in [-0.4, -0.2) is 96.9 Å². The smallest absolute Gasteiger partial charge is 0.293 e. The normalized spacial score (nSPS) is 22.4. The molecule has 5 amide bonds. The summed E-state index contributed by atoms with van der Waals surface area (Å²) >= 11 is 0. The Balaban J connectivity index is 0.718. The number of aromatic nitrogens is 4. The highest BCUT2D eigenvalue weighted by molar-refractivity contribution is 6.23. The SMILES string of the molecule is C[C@H]1CC(C2CCN(c3ccc4c(c3)C(=O)N(C3CCC(=O)NC3=O)C4=O)CC2)CCN1c1ccc(Nc2nc(-c3ccnc(N4CCn5c(cc6c5CC(C)(C)C6)C4=O)c3CO)cn(C)c2=O)cc1. The number of aliphatic hydroxyl groups excluding tert-OH is 1. The number of hydrogen-bond acceptors (Lipinski definition) is 12. The van der Waals surface area contributed by atoms with Crippen molar-refractivity contribution < 1.29 is 29.1 Å². The molecule has 3 atom stereocenters. The van der Waals surface area contributed by atoms with Crippen LogP contribution in [0.2, 0.25) is 0 Å². The third-order valence-electron chi connectivity index (χ3n) is 15.8. The van der Waals surface area contributed by atoms with E-state index in [1.165, 1.54) is 15.8 Å². The van der Waals surface area contributed by atoms with Gasteiger partial charge in [0.2, 0.25) is 11.8 Å². The first kappa shape index (κ1) is 45.3. The second-order valence-electron chi connectivity index (χ2n) is 20.8. The minimum absolute atomic E-state index is 0.0830. The molecule has 5 aromatic rings. The fraction of sp³-hybridized carbons (Fsp3) is 0.434. The van der Waals surface area contributed by atoms with Crippen molar-refractivity contribution in [2.75, 3.05) is 46.2 Å². The zero-order valence-electron chi connectivity index (χ0n) is 40.0. The summed E-state index contributed by atoms with van der Waals surface area (Å²) in [5.41, 5.74) is 7.78. The summed E-state index contributed by atoms with van der Waals surface area (Å²) in [5.74, 6) is -0.472. The monoisotopic (exact) mass is 946 g/mol. The third-order valence-corrected chi connectivity index (χ3v) is 15.8. The Morgan fingerprint density at radius 3 is 2.29 bits per heavy atom. The van der Waals surface area contributed by atoms with Crippen LogP contribution in [0.15, 0.2) is 71.8 Å². The number of pyridine rings is 1. The van der Waals surface area contributed by atoms with Crippen molar-refractivity contribution in [3.05, 3.63) is 111 Å². The molecule has 0 radical (unpaired) electrons. The summed E-state index contributed by atoms with van der Waals surface area (Å²) < 4.78 is 3.62. The van der Waals surface area contributed by atoms with Gasteiger partial charge in [0.05, 0.1) is 23.4 Å². The molecule has 0 bridgehead atoms. The quantitative estimate of drug-likeness (QED) is 0.155. The number of rotatable bonds is 9. The molecule has 1 aliphatic carbocycles. The fourth-order valence-electron chi connectivity index (χ4n) is 12.2. The average Bonchev–Trinajstić information content (AvgIpc) is 3.94. The average molecular weight is 947 g/mol. The number of nitrogens with zero attached hydrogens (tertiary/aromatic N) is 8. The van der Waals surface area contributed by atoms with Crippen molar-refractivity contribution in [2.24, 2.45) is 24.3 Å². The number of piperidine rings is 3. The van der Waals surface area contributed by atoms with Gasteiger partial charge in [-0.05, 0) is 129 Å². The first-order valence-corrected chi connectivity index (χ1v) is 24.6. The number of hydrogen-bond donors (Lipinski definition) is 3. The van der Waals surface area contributed by atoms with E-state index >= 15 is 0 Å². The summed E-state index contributed by atoms with van der Waals surface area (Å²) in [4.78, 5) is 95.2. The Bertz CT molecular complexity index is 3060. The number of imide groups is 2. The van der Waals surface area contributed by atoms with E-state index in [1.807, 2.05) is 24.3 Å². The number of aliphatic hydroxyl groups is 1. The lowest BCUT2D eigenvalue weighted by molar-refractivity contribution is -0.136. The highest BCUT2D eigenvalue weighted by Crippen LogP contribution is 2.42. The van der Waals surface area contributed by atoms with Crippen molar-refractivity contribution in [3.63, 3.8) is 0 Å². The van der Waals surface area contributed by atoms with Crippen LogP contribution in [0.4, 0.5) is 28.7 Å². The predicted octanol–water partition coefficient (Wildman–Crippen LogP) is 5.59. The number of fused-ring (bicyclic) bond motifs is 4. The molecule has 17 heteroatoms. The maximum Gasteiger partial charge on any atom is 0.293 e. The summed E-state index contributed by atoms with van der Waals surface area (Å²) in [6.45, 7) is 10.1. The maximum absolute atomic E-state index is 14.0. The Labute approximate surface area is 405 Å². The van der Waals surface area contributed by atoms with Crippen LogP contribution in [0.1, 0.15) is 107 Å². The van der Waals surface area contributed by atoms with E-state index in [0.717, 1.165) is 74.4 Å². The highest BCUT2D eigenvalue weighted by atomic mass is 16.3. The van der Waals surface area contributed by atoms with Gasteiger partial charge < -0.3 is 29.4 Å². The van der Waals surface area contributed by atoms with Gasteiger partial charge in [0.25, 0.3) is 23.3 Å². The first-order valence-electron chi connectivity index (χ1n) is 24.6. The zero-order valence-corrected chi connectivity index (χ0v) is 40.0. The van der Waals surface area contributed by atoms with Crippen LogP contribution in [0.5, 0.6) is 0 Å². The van der Waals surface area contributed by atoms with Crippen LogP contribution in [0.3, 0.4) is 0 Å². The number of nitrogens with one attached hydrogen (secondary N) is 2. The zero-order chi connectivity index (χ0) is 48.7. The number of amides is 5. The molecule has 3 N–H and O–H groups in total. The fourth-order valence-corrected chi connectivity index (χ4v) is 12.2. The van der Waals surface area contributed by atoms with Gasteiger partial charge in [-0.2, -0.15) is 0 Å². The molecule has 2 aromatic carbocycles. The van der Waals surface area contributed by atoms with Gasteiger partial charge in [-0.15, -0.1) is 0 Å². The van der Waals surface area contributed by atoms with Crippen molar-refractivity contribution in [1.29, 1.82) is 0 Å². The minimum atomic E-state index is -0.986. The van der Waals surface area contributed by atoms with Gasteiger partial charge in [-0.3, -0.25) is 43.9 Å². The summed E-state index contributed by atoms with van der Waals surface area (Å²) in [6, 6.07) is 16.6. The Morgan fingerprint density at radius 2 is 1.54 bits per heavy atom. The lowest BCUT2D eigenvalue weighted by Gasteiger charge is -2.44. The number of benzene rings is 2. The van der Waals surface area contributed by atoms with Gasteiger partial charge in [0, 0.05) is 98.5 Å². The Kier molecular flexibility index (Phi) is 11.2. The Hall–Kier alpha value is -7.14. The van der Waals surface area contributed by atoms with Gasteiger partial charge >= 0.3 is 0 Å². The molecule has 3 saturated heterocycles. The molecule has 5 aliphatic heterocycles. The molecular weight excluding hydrogens is 889 g/mol. The molecule has 3 fully saturated rings. The molecule has 0 saturated carbocycles. The molecule has 8 heterocycles. The van der Waals surface area contributed by atoms with Crippen LogP contribution in [0, 0.1) is 17.3 Å². The lowest BCUT2D eigenvalue weighted by atomic mass is 9.76. The van der Waals surface area contributed by atoms with Gasteiger partial charge in [0.1, 0.15) is 17.6 Å². The molecule has 2 unspecified atom stereocenters. The lowest BCUT2D eigenvalue weighted by Crippen LogP contribution is -2.54. The molecule has 11 rings (SSSR count). The van der Waals surface area contributed by atoms with Crippen LogP contribution < -0.4 is 30.9 Å². The molecule has 3 aromatic heterocycles. The molecular formula is C53H58N10O7. The van der Waals surface area contributed by atoms with Crippen LogP contribution in [-0.2, 0) is 42.6 Å². The second kappa shape index (κ2) is 17.4. The van der Waals surface area contributed by atoms with Crippen molar-refractivity contribution >= 4 is 58.2 Å². The van der Waals surface area contributed by atoms with Crippen LogP contribution in [0.25, 0.3) is 11.3 Å². The van der Waals surface area contributed by atoms with E-state index in [9.17, 15) is 33.9 Å². The van der Waals surface area contributed by atoms with Crippen molar-refractivity contribution in [3.8, 4) is 11.3 Å². The second-order valence-corrected chi connectivity index (χ2v) is 20.8. The molecule has 362 valence electrons. The summed E-state index contributed by atoms with van der Waals surface area (Å²) in [6.07, 6.45) is 9.52. The number of carbonyl (C=O) groups excluding carboxylic acids is 5. The largest absolute Gasteiger partial charge is 0.392 e. The third kappa shape index (κ3) is 7.83.